The fraction of sp³-hybridized carbons (Fsp3) is 0.231. The summed E-state index contributed by atoms with van der Waals surface area (Å²) in [5.41, 5.74) is 2.96. The molecule has 1 unspecified atom stereocenters. The maximum atomic E-state index is 11.6. The Hall–Kier alpha value is -2.10. The van der Waals surface area contributed by atoms with Crippen LogP contribution >= 0.6 is 0 Å². The number of carbonyl (C=O) groups excluding carboxylic acids is 1. The van der Waals surface area contributed by atoms with Gasteiger partial charge >= 0.3 is 0 Å². The number of fused-ring (bicyclic) bond motifs is 1. The summed E-state index contributed by atoms with van der Waals surface area (Å²) >= 11 is 0. The molecule has 0 spiro atoms. The van der Waals surface area contributed by atoms with Gasteiger partial charge in [-0.05, 0) is 12.5 Å². The number of nitrogens with one attached hydrogen (secondary N) is 1. The van der Waals surface area contributed by atoms with Gasteiger partial charge < -0.3 is 4.52 Å². The Kier molecular flexibility index (Phi) is 2.21. The molecule has 0 fully saturated rings. The predicted molar refractivity (Wildman–Crippen MR) is 62.8 cm³/mol. The normalized spacial score (nSPS) is 18.6. The van der Waals surface area contributed by atoms with E-state index in [4.69, 9.17) is 4.52 Å². The van der Waals surface area contributed by atoms with Crippen LogP contribution in [0.5, 0.6) is 0 Å². The summed E-state index contributed by atoms with van der Waals surface area (Å²) in [4.78, 5) is 11.6. The summed E-state index contributed by atoms with van der Waals surface area (Å²) in [7, 11) is 0. The molecule has 1 N–H and O–H groups in total. The van der Waals surface area contributed by atoms with E-state index < -0.39 is 0 Å². The monoisotopic (exact) mass is 228 g/mol. The number of carbonyl (C=O) groups is 1. The fourth-order valence-electron chi connectivity index (χ4n) is 2.31. The van der Waals surface area contributed by atoms with Gasteiger partial charge in [0.25, 0.3) is 0 Å². The van der Waals surface area contributed by atoms with Crippen molar-refractivity contribution in [2.24, 2.45) is 0 Å². The zero-order chi connectivity index (χ0) is 11.8. The summed E-state index contributed by atoms with van der Waals surface area (Å²) in [5.74, 6) is 0.515. The van der Waals surface area contributed by atoms with Crippen molar-refractivity contribution in [3.63, 3.8) is 0 Å². The lowest BCUT2D eigenvalue weighted by molar-refractivity contribution is -0.116. The SMILES string of the molecule is Cc1noc2c1C(c1ccccc1)CC(=O)N2. The molecule has 4 heteroatoms. The van der Waals surface area contributed by atoms with Crippen molar-refractivity contribution in [3.05, 3.63) is 47.2 Å². The van der Waals surface area contributed by atoms with Crippen LogP contribution in [0.15, 0.2) is 34.9 Å². The van der Waals surface area contributed by atoms with E-state index in [0.717, 1.165) is 16.8 Å². The highest BCUT2D eigenvalue weighted by atomic mass is 16.5. The van der Waals surface area contributed by atoms with Crippen molar-refractivity contribution in [1.82, 2.24) is 5.16 Å². The highest BCUT2D eigenvalue weighted by Crippen LogP contribution is 2.38. The number of aryl methyl sites for hydroxylation is 1. The lowest BCUT2D eigenvalue weighted by atomic mass is 9.86. The molecule has 17 heavy (non-hydrogen) atoms. The second kappa shape index (κ2) is 3.73. The van der Waals surface area contributed by atoms with Crippen LogP contribution in [0.25, 0.3) is 0 Å². The quantitative estimate of drug-likeness (QED) is 0.815. The lowest BCUT2D eigenvalue weighted by Crippen LogP contribution is -2.22. The number of anilines is 1. The van der Waals surface area contributed by atoms with E-state index in [1.807, 2.05) is 37.3 Å². The second-order valence-electron chi connectivity index (χ2n) is 4.23. The number of amides is 1. The van der Waals surface area contributed by atoms with Crippen LogP contribution in [-0.2, 0) is 4.79 Å². The topological polar surface area (TPSA) is 55.1 Å². The lowest BCUT2D eigenvalue weighted by Gasteiger charge is -2.21. The molecule has 3 rings (SSSR count). The first-order valence-electron chi connectivity index (χ1n) is 5.56. The first-order valence-corrected chi connectivity index (χ1v) is 5.56. The van der Waals surface area contributed by atoms with Crippen LogP contribution in [-0.4, -0.2) is 11.1 Å². The highest BCUT2D eigenvalue weighted by molar-refractivity contribution is 5.93. The van der Waals surface area contributed by atoms with Crippen LogP contribution in [0.1, 0.15) is 29.2 Å². The predicted octanol–water partition coefficient (Wildman–Crippen LogP) is 2.46. The smallest absolute Gasteiger partial charge is 0.235 e. The molecule has 1 aliphatic rings. The Morgan fingerprint density at radius 3 is 2.88 bits per heavy atom. The van der Waals surface area contributed by atoms with Gasteiger partial charge in [0.2, 0.25) is 11.8 Å². The Morgan fingerprint density at radius 2 is 2.12 bits per heavy atom. The zero-order valence-electron chi connectivity index (χ0n) is 9.43. The van der Waals surface area contributed by atoms with Crippen molar-refractivity contribution in [2.45, 2.75) is 19.3 Å². The molecule has 0 aliphatic carbocycles. The van der Waals surface area contributed by atoms with Gasteiger partial charge in [-0.15, -0.1) is 0 Å². The van der Waals surface area contributed by atoms with Crippen molar-refractivity contribution in [3.8, 4) is 0 Å². The molecular weight excluding hydrogens is 216 g/mol. The molecule has 4 nitrogen and oxygen atoms in total. The summed E-state index contributed by atoms with van der Waals surface area (Å²) < 4.78 is 5.13. The molecule has 0 saturated carbocycles. The minimum atomic E-state index is -0.0255. The highest BCUT2D eigenvalue weighted by Gasteiger charge is 2.31. The van der Waals surface area contributed by atoms with Gasteiger partial charge in [0.15, 0.2) is 0 Å². The van der Waals surface area contributed by atoms with Gasteiger partial charge in [-0.1, -0.05) is 35.5 Å². The van der Waals surface area contributed by atoms with Gasteiger partial charge in [0, 0.05) is 17.9 Å². The Balaban J connectivity index is 2.12. The minimum absolute atomic E-state index is 0.0255. The largest absolute Gasteiger partial charge is 0.338 e. The van der Waals surface area contributed by atoms with E-state index in [9.17, 15) is 4.79 Å². The third kappa shape index (κ3) is 1.62. The molecule has 2 heterocycles. The Bertz CT molecular complexity index is 560. The van der Waals surface area contributed by atoms with Crippen molar-refractivity contribution in [1.29, 1.82) is 0 Å². The van der Waals surface area contributed by atoms with E-state index in [1.54, 1.807) is 0 Å². The molecule has 1 aliphatic heterocycles. The molecule has 0 radical (unpaired) electrons. The van der Waals surface area contributed by atoms with Crippen LogP contribution < -0.4 is 5.32 Å². The fourth-order valence-corrected chi connectivity index (χ4v) is 2.31. The molecule has 1 amide bonds. The number of benzene rings is 1. The van der Waals surface area contributed by atoms with Gasteiger partial charge in [0.05, 0.1) is 5.69 Å². The van der Waals surface area contributed by atoms with E-state index >= 15 is 0 Å². The number of rotatable bonds is 1. The average molecular weight is 228 g/mol. The molecule has 0 bridgehead atoms. The average Bonchev–Trinajstić information content (AvgIpc) is 2.71. The Labute approximate surface area is 98.6 Å². The summed E-state index contributed by atoms with van der Waals surface area (Å²) in [6, 6.07) is 9.97. The number of hydrogen-bond acceptors (Lipinski definition) is 3. The van der Waals surface area contributed by atoms with Gasteiger partial charge in [-0.3, -0.25) is 10.1 Å². The molecule has 0 saturated heterocycles. The van der Waals surface area contributed by atoms with E-state index in [-0.39, 0.29) is 11.8 Å². The first kappa shape index (κ1) is 10.1. The molecule has 1 aromatic heterocycles. The van der Waals surface area contributed by atoms with Crippen molar-refractivity contribution < 1.29 is 9.32 Å². The number of nitrogens with zero attached hydrogens (tertiary/aromatic N) is 1. The van der Waals surface area contributed by atoms with Crippen molar-refractivity contribution in [2.75, 3.05) is 5.32 Å². The molecular formula is C13H12N2O2. The van der Waals surface area contributed by atoms with E-state index in [2.05, 4.69) is 10.5 Å². The van der Waals surface area contributed by atoms with Crippen molar-refractivity contribution >= 4 is 11.8 Å². The maximum absolute atomic E-state index is 11.6. The summed E-state index contributed by atoms with van der Waals surface area (Å²) in [5, 5.41) is 6.63. The second-order valence-corrected chi connectivity index (χ2v) is 4.23. The van der Waals surface area contributed by atoms with Gasteiger partial charge in [0.1, 0.15) is 0 Å². The van der Waals surface area contributed by atoms with Crippen LogP contribution in [0.4, 0.5) is 5.88 Å². The molecule has 1 aromatic carbocycles. The minimum Gasteiger partial charge on any atom is -0.338 e. The third-order valence-electron chi connectivity index (χ3n) is 3.10. The Morgan fingerprint density at radius 1 is 1.35 bits per heavy atom. The van der Waals surface area contributed by atoms with Crippen LogP contribution in [0.3, 0.4) is 0 Å². The number of aromatic nitrogens is 1. The standard InChI is InChI=1S/C13H12N2O2/c1-8-12-10(9-5-3-2-4-6-9)7-11(16)14-13(12)17-15-8/h2-6,10H,7H2,1H3,(H,14,16). The van der Waals surface area contributed by atoms with E-state index in [0.29, 0.717) is 12.3 Å². The van der Waals surface area contributed by atoms with E-state index in [1.165, 1.54) is 0 Å². The first-order chi connectivity index (χ1) is 8.25. The zero-order valence-corrected chi connectivity index (χ0v) is 9.43. The third-order valence-corrected chi connectivity index (χ3v) is 3.10. The van der Waals surface area contributed by atoms with Gasteiger partial charge in [-0.2, -0.15) is 0 Å². The van der Waals surface area contributed by atoms with Crippen LogP contribution in [0.2, 0.25) is 0 Å². The maximum Gasteiger partial charge on any atom is 0.235 e. The molecule has 1 atom stereocenters. The number of hydrogen-bond donors (Lipinski definition) is 1. The molecule has 2 aromatic rings. The summed E-state index contributed by atoms with van der Waals surface area (Å²) in [6.07, 6.45) is 0.444. The summed E-state index contributed by atoms with van der Waals surface area (Å²) in [6.45, 7) is 1.90. The van der Waals surface area contributed by atoms with Crippen LogP contribution in [0, 0.1) is 6.92 Å². The van der Waals surface area contributed by atoms with Gasteiger partial charge in [-0.25, -0.2) is 0 Å². The molecule has 86 valence electrons.